The van der Waals surface area contributed by atoms with Gasteiger partial charge in [0.1, 0.15) is 12.4 Å². The van der Waals surface area contributed by atoms with Crippen molar-refractivity contribution >= 4 is 0 Å². The van der Waals surface area contributed by atoms with Crippen LogP contribution >= 0.6 is 0 Å². The molecule has 0 aliphatic rings. The molecule has 0 saturated carbocycles. The summed E-state index contributed by atoms with van der Waals surface area (Å²) >= 11 is 0. The van der Waals surface area contributed by atoms with Crippen molar-refractivity contribution in [3.8, 4) is 17.8 Å². The lowest BCUT2D eigenvalue weighted by Gasteiger charge is -2.11. The average Bonchev–Trinajstić information content (AvgIpc) is 3.09. The van der Waals surface area contributed by atoms with Crippen LogP contribution in [0, 0.1) is 17.1 Å². The number of nitriles is 1. The molecule has 0 saturated heterocycles. The van der Waals surface area contributed by atoms with Crippen LogP contribution < -0.4 is 4.74 Å². The molecule has 24 heavy (non-hydrogen) atoms. The molecule has 0 aliphatic heterocycles. The van der Waals surface area contributed by atoms with Gasteiger partial charge in [0.15, 0.2) is 5.82 Å². The maximum Gasteiger partial charge on any atom is 0.218 e. The number of halogens is 1. The Morgan fingerprint density at radius 1 is 1.17 bits per heavy atom. The molecule has 0 aliphatic carbocycles. The van der Waals surface area contributed by atoms with E-state index in [0.717, 1.165) is 17.5 Å². The third-order valence-electron chi connectivity index (χ3n) is 3.62. The van der Waals surface area contributed by atoms with E-state index in [9.17, 15) is 4.39 Å². The highest BCUT2D eigenvalue weighted by atomic mass is 19.1. The molecule has 120 valence electrons. The zero-order valence-electron chi connectivity index (χ0n) is 13.1. The quantitative estimate of drug-likeness (QED) is 0.722. The number of benzene rings is 1. The maximum absolute atomic E-state index is 13.3. The minimum Gasteiger partial charge on any atom is -0.473 e. The van der Waals surface area contributed by atoms with E-state index in [1.807, 2.05) is 6.92 Å². The molecule has 0 spiro atoms. The third kappa shape index (κ3) is 3.25. The van der Waals surface area contributed by atoms with Gasteiger partial charge < -0.3 is 4.74 Å². The van der Waals surface area contributed by atoms with Gasteiger partial charge in [-0.05, 0) is 35.7 Å². The molecule has 2 heterocycles. The van der Waals surface area contributed by atoms with Gasteiger partial charge in [0.2, 0.25) is 5.88 Å². The lowest BCUT2D eigenvalue weighted by molar-refractivity contribution is 0.283. The number of aromatic nitrogens is 3. The van der Waals surface area contributed by atoms with Crippen LogP contribution in [0.3, 0.4) is 0 Å². The summed E-state index contributed by atoms with van der Waals surface area (Å²) in [6, 6.07) is 11.7. The van der Waals surface area contributed by atoms with Crippen LogP contribution in [0.5, 0.6) is 5.88 Å². The van der Waals surface area contributed by atoms with Crippen LogP contribution in [0.1, 0.15) is 23.6 Å². The van der Waals surface area contributed by atoms with Gasteiger partial charge in [-0.3, -0.25) is 0 Å². The predicted molar refractivity (Wildman–Crippen MR) is 86.2 cm³/mol. The summed E-state index contributed by atoms with van der Waals surface area (Å²) in [6.45, 7) is 2.27. The number of pyridine rings is 1. The highest BCUT2D eigenvalue weighted by molar-refractivity contribution is 5.37. The van der Waals surface area contributed by atoms with Gasteiger partial charge in [-0.1, -0.05) is 13.0 Å². The molecule has 1 aromatic carbocycles. The highest BCUT2D eigenvalue weighted by Crippen LogP contribution is 2.19. The normalized spacial score (nSPS) is 10.4. The SMILES string of the molecule is CCc1cc(F)ccc1COc1ccnn1-c1cc(C#N)ccn1. The van der Waals surface area contributed by atoms with Crippen LogP contribution in [0.25, 0.3) is 5.82 Å². The molecular formula is C18H15FN4O. The third-order valence-corrected chi connectivity index (χ3v) is 3.62. The second kappa shape index (κ2) is 6.92. The topological polar surface area (TPSA) is 63.7 Å². The van der Waals surface area contributed by atoms with E-state index in [2.05, 4.69) is 16.2 Å². The average molecular weight is 322 g/mol. The number of hydrogen-bond acceptors (Lipinski definition) is 4. The smallest absolute Gasteiger partial charge is 0.218 e. The summed E-state index contributed by atoms with van der Waals surface area (Å²) in [6.07, 6.45) is 3.87. The second-order valence-electron chi connectivity index (χ2n) is 5.15. The van der Waals surface area contributed by atoms with Gasteiger partial charge >= 0.3 is 0 Å². The van der Waals surface area contributed by atoms with E-state index < -0.39 is 0 Å². The number of rotatable bonds is 5. The zero-order chi connectivity index (χ0) is 16.9. The molecular weight excluding hydrogens is 307 g/mol. The van der Waals surface area contributed by atoms with Gasteiger partial charge in [0.05, 0.1) is 17.8 Å². The van der Waals surface area contributed by atoms with Crippen LogP contribution in [0.15, 0.2) is 48.8 Å². The van der Waals surface area contributed by atoms with Gasteiger partial charge in [-0.2, -0.15) is 15.0 Å². The van der Waals surface area contributed by atoms with Crippen molar-refractivity contribution in [1.82, 2.24) is 14.8 Å². The van der Waals surface area contributed by atoms with Gasteiger partial charge in [-0.15, -0.1) is 0 Å². The van der Waals surface area contributed by atoms with Gasteiger partial charge in [0, 0.05) is 18.3 Å². The Morgan fingerprint density at radius 3 is 2.83 bits per heavy atom. The molecule has 0 amide bonds. The maximum atomic E-state index is 13.3. The molecule has 0 radical (unpaired) electrons. The van der Waals surface area contributed by atoms with Crippen molar-refractivity contribution in [2.24, 2.45) is 0 Å². The van der Waals surface area contributed by atoms with Gasteiger partial charge in [0.25, 0.3) is 0 Å². The van der Waals surface area contributed by atoms with Crippen molar-refractivity contribution < 1.29 is 9.13 Å². The summed E-state index contributed by atoms with van der Waals surface area (Å²) in [5, 5.41) is 13.2. The summed E-state index contributed by atoms with van der Waals surface area (Å²) in [4.78, 5) is 4.21. The first-order chi connectivity index (χ1) is 11.7. The Hall–Kier alpha value is -3.20. The molecule has 5 nitrogen and oxygen atoms in total. The zero-order valence-corrected chi connectivity index (χ0v) is 13.1. The lowest BCUT2D eigenvalue weighted by Crippen LogP contribution is -2.06. The highest BCUT2D eigenvalue weighted by Gasteiger charge is 2.10. The van der Waals surface area contributed by atoms with E-state index in [1.165, 1.54) is 16.8 Å². The standard InChI is InChI=1S/C18H15FN4O/c1-2-14-10-16(19)4-3-15(14)12-24-18-6-8-22-23(18)17-9-13(11-20)5-7-21-17/h3-10H,2,12H2,1H3. The summed E-state index contributed by atoms with van der Waals surface area (Å²) in [5.41, 5.74) is 2.32. The van der Waals surface area contributed by atoms with Crippen molar-refractivity contribution in [2.45, 2.75) is 20.0 Å². The van der Waals surface area contributed by atoms with Gasteiger partial charge in [-0.25, -0.2) is 9.37 Å². The second-order valence-corrected chi connectivity index (χ2v) is 5.15. The van der Waals surface area contributed by atoms with E-state index >= 15 is 0 Å². The van der Waals surface area contributed by atoms with Crippen molar-refractivity contribution in [1.29, 1.82) is 5.26 Å². The van der Waals surface area contributed by atoms with E-state index in [4.69, 9.17) is 10.00 Å². The van der Waals surface area contributed by atoms with Crippen molar-refractivity contribution in [2.75, 3.05) is 0 Å². The first-order valence-corrected chi connectivity index (χ1v) is 7.52. The molecule has 0 unspecified atom stereocenters. The number of ether oxygens (including phenoxy) is 1. The van der Waals surface area contributed by atoms with Crippen LogP contribution in [-0.2, 0) is 13.0 Å². The van der Waals surface area contributed by atoms with Crippen LogP contribution in [0.4, 0.5) is 4.39 Å². The summed E-state index contributed by atoms with van der Waals surface area (Å²) < 4.78 is 20.7. The Morgan fingerprint density at radius 2 is 2.04 bits per heavy atom. The van der Waals surface area contributed by atoms with E-state index in [-0.39, 0.29) is 5.82 Å². The van der Waals surface area contributed by atoms with Crippen molar-refractivity contribution in [3.63, 3.8) is 0 Å². The minimum atomic E-state index is -0.252. The Kier molecular flexibility index (Phi) is 4.52. The predicted octanol–water partition coefficient (Wildman–Crippen LogP) is 3.42. The Bertz CT molecular complexity index is 898. The molecule has 0 fully saturated rings. The Balaban J connectivity index is 1.83. The van der Waals surface area contributed by atoms with E-state index in [1.54, 1.807) is 36.7 Å². The van der Waals surface area contributed by atoms with E-state index in [0.29, 0.717) is 23.9 Å². The molecule has 3 aromatic rings. The van der Waals surface area contributed by atoms with Crippen LogP contribution in [-0.4, -0.2) is 14.8 Å². The molecule has 0 atom stereocenters. The molecule has 3 rings (SSSR count). The fourth-order valence-corrected chi connectivity index (χ4v) is 2.39. The first kappa shape index (κ1) is 15.7. The van der Waals surface area contributed by atoms with Crippen LogP contribution in [0.2, 0.25) is 0 Å². The Labute approximate surface area is 139 Å². The first-order valence-electron chi connectivity index (χ1n) is 7.52. The largest absolute Gasteiger partial charge is 0.473 e. The van der Waals surface area contributed by atoms with Crippen molar-refractivity contribution in [3.05, 3.63) is 71.3 Å². The summed E-state index contributed by atoms with van der Waals surface area (Å²) in [5.74, 6) is 0.756. The summed E-state index contributed by atoms with van der Waals surface area (Å²) in [7, 11) is 0. The number of aryl methyl sites for hydroxylation is 1. The minimum absolute atomic E-state index is 0.252. The number of hydrogen-bond donors (Lipinski definition) is 0. The fraction of sp³-hybridized carbons (Fsp3) is 0.167. The molecule has 6 heteroatoms. The fourth-order valence-electron chi connectivity index (χ4n) is 2.39. The number of nitrogens with zero attached hydrogens (tertiary/aromatic N) is 4. The molecule has 2 aromatic heterocycles. The molecule has 0 N–H and O–H groups in total. The lowest BCUT2D eigenvalue weighted by atomic mass is 10.1. The molecule has 0 bridgehead atoms. The monoisotopic (exact) mass is 322 g/mol.